The molecule has 94 valence electrons. The number of anilines is 1. The fraction of sp³-hybridized carbons (Fsp3) is 0.417. The number of hydrogen-bond donors (Lipinski definition) is 1. The Balaban J connectivity index is 2.42. The molecule has 1 aromatic rings. The zero-order valence-electron chi connectivity index (χ0n) is 9.74. The molecule has 0 aromatic heterocycles. The van der Waals surface area contributed by atoms with Crippen LogP contribution in [0.2, 0.25) is 0 Å². The van der Waals surface area contributed by atoms with Crippen LogP contribution in [0.25, 0.3) is 0 Å². The molecule has 0 amide bonds. The molecular formula is C12H16FNO3. The molecule has 5 heteroatoms. The third kappa shape index (κ3) is 4.40. The second-order valence-electron chi connectivity index (χ2n) is 3.42. The average Bonchev–Trinajstić information content (AvgIpc) is 2.28. The van der Waals surface area contributed by atoms with E-state index in [4.69, 9.17) is 15.2 Å². The van der Waals surface area contributed by atoms with Crippen molar-refractivity contribution in [2.24, 2.45) is 0 Å². The van der Waals surface area contributed by atoms with Gasteiger partial charge in [-0.2, -0.15) is 0 Å². The van der Waals surface area contributed by atoms with E-state index in [1.165, 1.54) is 12.1 Å². The number of esters is 1. The number of rotatable bonds is 6. The largest absolute Gasteiger partial charge is 0.462 e. The van der Waals surface area contributed by atoms with Crippen LogP contribution in [0.3, 0.4) is 0 Å². The summed E-state index contributed by atoms with van der Waals surface area (Å²) >= 11 is 0. The SMILES string of the molecule is CCOCCCOC(=O)c1ccc(F)cc1N. The minimum Gasteiger partial charge on any atom is -0.462 e. The Morgan fingerprint density at radius 1 is 1.41 bits per heavy atom. The maximum atomic E-state index is 12.8. The maximum Gasteiger partial charge on any atom is 0.340 e. The molecule has 0 aliphatic carbocycles. The predicted octanol–water partition coefficient (Wildman–Crippen LogP) is 1.99. The smallest absolute Gasteiger partial charge is 0.340 e. The summed E-state index contributed by atoms with van der Waals surface area (Å²) in [5, 5.41) is 0. The fourth-order valence-corrected chi connectivity index (χ4v) is 1.27. The molecule has 0 unspecified atom stereocenters. The minimum absolute atomic E-state index is 0.0832. The van der Waals surface area contributed by atoms with Gasteiger partial charge in [-0.3, -0.25) is 0 Å². The van der Waals surface area contributed by atoms with Crippen molar-refractivity contribution in [2.45, 2.75) is 13.3 Å². The highest BCUT2D eigenvalue weighted by Gasteiger charge is 2.11. The van der Waals surface area contributed by atoms with Crippen molar-refractivity contribution in [3.05, 3.63) is 29.6 Å². The van der Waals surface area contributed by atoms with Gasteiger partial charge in [0.1, 0.15) is 5.82 Å². The first-order valence-electron chi connectivity index (χ1n) is 5.45. The fourth-order valence-electron chi connectivity index (χ4n) is 1.27. The summed E-state index contributed by atoms with van der Waals surface area (Å²) in [7, 11) is 0. The van der Waals surface area contributed by atoms with E-state index in [9.17, 15) is 9.18 Å². The number of carbonyl (C=O) groups is 1. The molecule has 0 spiro atoms. The molecule has 0 saturated heterocycles. The van der Waals surface area contributed by atoms with E-state index < -0.39 is 11.8 Å². The lowest BCUT2D eigenvalue weighted by Crippen LogP contribution is -2.10. The molecule has 1 aromatic carbocycles. The molecule has 1 rings (SSSR count). The number of ether oxygens (including phenoxy) is 2. The number of hydrogen-bond acceptors (Lipinski definition) is 4. The van der Waals surface area contributed by atoms with Crippen molar-refractivity contribution in [3.8, 4) is 0 Å². The summed E-state index contributed by atoms with van der Waals surface area (Å²) < 4.78 is 22.8. The highest BCUT2D eigenvalue weighted by Crippen LogP contribution is 2.14. The number of carbonyl (C=O) groups excluding carboxylic acids is 1. The second-order valence-corrected chi connectivity index (χ2v) is 3.42. The number of nitrogen functional groups attached to an aromatic ring is 1. The molecule has 0 radical (unpaired) electrons. The first-order chi connectivity index (χ1) is 8.15. The van der Waals surface area contributed by atoms with Gasteiger partial charge in [0.15, 0.2) is 0 Å². The molecule has 0 heterocycles. The van der Waals surface area contributed by atoms with Gasteiger partial charge in [-0.15, -0.1) is 0 Å². The van der Waals surface area contributed by atoms with Crippen LogP contribution in [0, 0.1) is 5.82 Å². The Labute approximate surface area is 99.5 Å². The van der Waals surface area contributed by atoms with Crippen LogP contribution >= 0.6 is 0 Å². The Kier molecular flexibility index (Phi) is 5.42. The van der Waals surface area contributed by atoms with Gasteiger partial charge in [-0.25, -0.2) is 9.18 Å². The molecule has 0 fully saturated rings. The van der Waals surface area contributed by atoms with E-state index in [0.29, 0.717) is 19.6 Å². The van der Waals surface area contributed by atoms with Crippen LogP contribution in [-0.4, -0.2) is 25.8 Å². The number of nitrogens with two attached hydrogens (primary N) is 1. The van der Waals surface area contributed by atoms with Crippen LogP contribution in [0.5, 0.6) is 0 Å². The molecular weight excluding hydrogens is 225 g/mol. The van der Waals surface area contributed by atoms with Crippen LogP contribution in [0.4, 0.5) is 10.1 Å². The molecule has 4 nitrogen and oxygen atoms in total. The van der Waals surface area contributed by atoms with Gasteiger partial charge in [-0.1, -0.05) is 0 Å². The zero-order valence-corrected chi connectivity index (χ0v) is 9.74. The Hall–Kier alpha value is -1.62. The molecule has 0 bridgehead atoms. The lowest BCUT2D eigenvalue weighted by Gasteiger charge is -2.07. The van der Waals surface area contributed by atoms with Crippen molar-refractivity contribution in [1.29, 1.82) is 0 Å². The van der Waals surface area contributed by atoms with Crippen LogP contribution in [0.15, 0.2) is 18.2 Å². The van der Waals surface area contributed by atoms with Gasteiger partial charge in [0.05, 0.1) is 12.2 Å². The van der Waals surface area contributed by atoms with Crippen molar-refractivity contribution < 1.29 is 18.7 Å². The Morgan fingerprint density at radius 2 is 2.18 bits per heavy atom. The molecule has 2 N–H and O–H groups in total. The molecule has 0 saturated carbocycles. The topological polar surface area (TPSA) is 61.5 Å². The van der Waals surface area contributed by atoms with Gasteiger partial charge in [0.25, 0.3) is 0 Å². The van der Waals surface area contributed by atoms with Crippen molar-refractivity contribution in [3.63, 3.8) is 0 Å². The zero-order chi connectivity index (χ0) is 12.7. The minimum atomic E-state index is -0.543. The summed E-state index contributed by atoms with van der Waals surface area (Å²) in [4.78, 5) is 11.5. The summed E-state index contributed by atoms with van der Waals surface area (Å²) in [5.74, 6) is -1.02. The first kappa shape index (κ1) is 13.4. The third-order valence-electron chi connectivity index (χ3n) is 2.10. The van der Waals surface area contributed by atoms with Crippen LogP contribution in [-0.2, 0) is 9.47 Å². The van der Waals surface area contributed by atoms with E-state index in [-0.39, 0.29) is 17.9 Å². The van der Waals surface area contributed by atoms with Crippen LogP contribution in [0.1, 0.15) is 23.7 Å². The van der Waals surface area contributed by atoms with E-state index in [1.807, 2.05) is 6.92 Å². The number of benzene rings is 1. The predicted molar refractivity (Wildman–Crippen MR) is 62.2 cm³/mol. The second kappa shape index (κ2) is 6.85. The molecule has 0 atom stereocenters. The maximum absolute atomic E-state index is 12.8. The first-order valence-corrected chi connectivity index (χ1v) is 5.45. The average molecular weight is 241 g/mol. The van der Waals surface area contributed by atoms with Gasteiger partial charge in [-0.05, 0) is 25.1 Å². The van der Waals surface area contributed by atoms with E-state index >= 15 is 0 Å². The van der Waals surface area contributed by atoms with Gasteiger partial charge < -0.3 is 15.2 Å². The van der Waals surface area contributed by atoms with Gasteiger partial charge in [0.2, 0.25) is 0 Å². The highest BCUT2D eigenvalue weighted by atomic mass is 19.1. The lowest BCUT2D eigenvalue weighted by atomic mass is 10.2. The third-order valence-corrected chi connectivity index (χ3v) is 2.10. The quantitative estimate of drug-likeness (QED) is 0.470. The standard InChI is InChI=1S/C12H16FNO3/c1-2-16-6-3-7-17-12(15)10-5-4-9(13)8-11(10)14/h4-5,8H,2-3,6-7,14H2,1H3. The van der Waals surface area contributed by atoms with E-state index in [0.717, 1.165) is 6.07 Å². The molecule has 0 aliphatic rings. The van der Waals surface area contributed by atoms with Crippen molar-refractivity contribution in [1.82, 2.24) is 0 Å². The monoisotopic (exact) mass is 241 g/mol. The summed E-state index contributed by atoms with van der Waals surface area (Å²) in [5.41, 5.74) is 5.78. The normalized spacial score (nSPS) is 10.2. The van der Waals surface area contributed by atoms with Gasteiger partial charge in [0, 0.05) is 25.3 Å². The summed E-state index contributed by atoms with van der Waals surface area (Å²) in [6.45, 7) is 3.34. The van der Waals surface area contributed by atoms with Gasteiger partial charge >= 0.3 is 5.97 Å². The van der Waals surface area contributed by atoms with E-state index in [1.54, 1.807) is 0 Å². The molecule has 0 aliphatic heterocycles. The highest BCUT2D eigenvalue weighted by molar-refractivity contribution is 5.94. The molecule has 17 heavy (non-hydrogen) atoms. The summed E-state index contributed by atoms with van der Waals surface area (Å²) in [6, 6.07) is 3.58. The summed E-state index contributed by atoms with van der Waals surface area (Å²) in [6.07, 6.45) is 0.626. The Bertz CT molecular complexity index is 382. The number of halogens is 1. The Morgan fingerprint density at radius 3 is 2.82 bits per heavy atom. The van der Waals surface area contributed by atoms with Crippen molar-refractivity contribution >= 4 is 11.7 Å². The lowest BCUT2D eigenvalue weighted by molar-refractivity contribution is 0.0453. The van der Waals surface area contributed by atoms with Crippen molar-refractivity contribution in [2.75, 3.05) is 25.6 Å². The van der Waals surface area contributed by atoms with Crippen LogP contribution < -0.4 is 5.73 Å². The van der Waals surface area contributed by atoms with E-state index in [2.05, 4.69) is 0 Å².